The molecule has 0 N–H and O–H groups in total. The monoisotopic (exact) mass is 547 g/mol. The maximum absolute atomic E-state index is 13.3. The van der Waals surface area contributed by atoms with Crippen molar-refractivity contribution in [2.24, 2.45) is 10.9 Å². The number of carbonyl (C=O) groups is 2. The molecule has 1 aliphatic rings. The molecule has 1 saturated heterocycles. The first-order valence-electron chi connectivity index (χ1n) is 11.8. The van der Waals surface area contributed by atoms with Crippen LogP contribution < -0.4 is 4.80 Å². The van der Waals surface area contributed by atoms with Gasteiger partial charge in [0.2, 0.25) is 10.0 Å². The van der Waals surface area contributed by atoms with Gasteiger partial charge in [-0.3, -0.25) is 4.79 Å². The normalized spacial score (nSPS) is 17.4. The lowest BCUT2D eigenvalue weighted by molar-refractivity contribution is -0.122. The van der Waals surface area contributed by atoms with Crippen molar-refractivity contribution >= 4 is 55.2 Å². The topological polar surface area (TPSA) is 98.0 Å². The first kappa shape index (κ1) is 26.6. The Hall–Kier alpha value is -2.47. The lowest BCUT2D eigenvalue weighted by atomic mass is 9.99. The third kappa shape index (κ3) is 5.74. The molecule has 2 heterocycles. The minimum Gasteiger partial charge on any atom is -0.462 e. The van der Waals surface area contributed by atoms with Crippen molar-refractivity contribution in [3.8, 4) is 0 Å². The number of hydrogen-bond donors (Lipinski definition) is 0. The Bertz CT molecular complexity index is 1410. The summed E-state index contributed by atoms with van der Waals surface area (Å²) in [5.41, 5.74) is 1.35. The smallest absolute Gasteiger partial charge is 0.338 e. The first-order chi connectivity index (χ1) is 17.3. The summed E-state index contributed by atoms with van der Waals surface area (Å²) in [6.07, 6.45) is 3.20. The van der Waals surface area contributed by atoms with Gasteiger partial charge in [0, 0.05) is 25.4 Å². The number of nitrogens with zero attached hydrogens (tertiary/aromatic N) is 3. The predicted molar refractivity (Wildman–Crippen MR) is 143 cm³/mol. The summed E-state index contributed by atoms with van der Waals surface area (Å²) in [5.74, 6) is -0.385. The summed E-state index contributed by atoms with van der Waals surface area (Å²) in [7, 11) is -3.67. The van der Waals surface area contributed by atoms with Crippen molar-refractivity contribution in [1.29, 1.82) is 0 Å². The van der Waals surface area contributed by atoms with E-state index in [2.05, 4.69) is 4.99 Å². The van der Waals surface area contributed by atoms with E-state index in [9.17, 15) is 18.0 Å². The molecule has 0 spiro atoms. The lowest BCUT2D eigenvalue weighted by Crippen LogP contribution is -2.42. The molecule has 0 saturated carbocycles. The number of fused-ring (bicyclic) bond motifs is 1. The van der Waals surface area contributed by atoms with Gasteiger partial charge in [-0.25, -0.2) is 13.2 Å². The Morgan fingerprint density at radius 3 is 2.69 bits per heavy atom. The molecule has 1 fully saturated rings. The van der Waals surface area contributed by atoms with Crippen LogP contribution in [0.15, 0.2) is 58.4 Å². The summed E-state index contributed by atoms with van der Waals surface area (Å²) >= 11 is 3.04. The van der Waals surface area contributed by atoms with Gasteiger partial charge in [-0.15, -0.1) is 0 Å². The molecular weight excluding hydrogens is 518 g/mol. The first-order valence-corrected chi connectivity index (χ1v) is 15.4. The van der Waals surface area contributed by atoms with Crippen LogP contribution in [-0.2, 0) is 26.1 Å². The summed E-state index contributed by atoms with van der Waals surface area (Å²) < 4.78 is 35.5. The van der Waals surface area contributed by atoms with Crippen molar-refractivity contribution in [2.45, 2.75) is 31.2 Å². The van der Waals surface area contributed by atoms with Crippen LogP contribution in [0.5, 0.6) is 0 Å². The standard InChI is InChI=1S/C25H29N3O5S3/c1-3-33-24(30)18-11-12-21-22(16-18)35-25(28(21)14-15-34-2)26-23(29)19-8-7-13-27(17-19)36(31,32)20-9-5-4-6-10-20/h4-6,9-12,16,19H,3,7-8,13-15,17H2,1-2H3. The molecule has 11 heteroatoms. The zero-order valence-electron chi connectivity index (χ0n) is 20.3. The Morgan fingerprint density at radius 2 is 1.97 bits per heavy atom. The van der Waals surface area contributed by atoms with E-state index in [-0.39, 0.29) is 23.3 Å². The molecule has 192 valence electrons. The van der Waals surface area contributed by atoms with E-state index >= 15 is 0 Å². The number of benzene rings is 2. The highest BCUT2D eigenvalue weighted by molar-refractivity contribution is 7.98. The molecule has 1 amide bonds. The minimum absolute atomic E-state index is 0.113. The Kier molecular flexibility index (Phi) is 8.66. The SMILES string of the molecule is CCOC(=O)c1ccc2c(c1)sc(=NC(=O)C1CCCN(S(=O)(=O)c3ccccc3)C1)n2CCSC. The third-order valence-corrected chi connectivity index (χ3v) is 9.54. The maximum atomic E-state index is 13.3. The number of hydrogen-bond acceptors (Lipinski definition) is 7. The van der Waals surface area contributed by atoms with Gasteiger partial charge >= 0.3 is 5.97 Å². The molecule has 1 atom stereocenters. The number of sulfonamides is 1. The van der Waals surface area contributed by atoms with Crippen LogP contribution in [0.4, 0.5) is 0 Å². The van der Waals surface area contributed by atoms with E-state index in [1.807, 2.05) is 16.9 Å². The fraction of sp³-hybridized carbons (Fsp3) is 0.400. The van der Waals surface area contributed by atoms with E-state index in [1.54, 1.807) is 61.2 Å². The number of ether oxygens (including phenoxy) is 1. The highest BCUT2D eigenvalue weighted by atomic mass is 32.2. The third-order valence-electron chi connectivity index (χ3n) is 6.03. The second kappa shape index (κ2) is 11.7. The molecule has 4 rings (SSSR count). The zero-order valence-corrected chi connectivity index (χ0v) is 22.7. The van der Waals surface area contributed by atoms with Crippen molar-refractivity contribution in [2.75, 3.05) is 31.7 Å². The second-order valence-electron chi connectivity index (χ2n) is 8.40. The van der Waals surface area contributed by atoms with Gasteiger partial charge in [-0.05, 0) is 56.4 Å². The number of piperidine rings is 1. The molecule has 36 heavy (non-hydrogen) atoms. The van der Waals surface area contributed by atoms with E-state index in [0.29, 0.717) is 42.9 Å². The fourth-order valence-electron chi connectivity index (χ4n) is 4.19. The van der Waals surface area contributed by atoms with Gasteiger partial charge in [0.05, 0.1) is 33.2 Å². The second-order valence-corrected chi connectivity index (χ2v) is 12.3. The van der Waals surface area contributed by atoms with Gasteiger partial charge in [-0.2, -0.15) is 21.1 Å². The number of rotatable bonds is 8. The maximum Gasteiger partial charge on any atom is 0.338 e. The van der Waals surface area contributed by atoms with Crippen molar-refractivity contribution in [3.05, 3.63) is 58.9 Å². The van der Waals surface area contributed by atoms with Crippen molar-refractivity contribution in [3.63, 3.8) is 0 Å². The molecule has 3 aromatic rings. The Balaban J connectivity index is 1.64. The number of esters is 1. The number of aryl methyl sites for hydroxylation is 1. The van der Waals surface area contributed by atoms with Crippen molar-refractivity contribution < 1.29 is 22.7 Å². The van der Waals surface area contributed by atoms with Crippen LogP contribution in [0.25, 0.3) is 10.2 Å². The van der Waals surface area contributed by atoms with Gasteiger partial charge in [0.25, 0.3) is 5.91 Å². The van der Waals surface area contributed by atoms with Crippen molar-refractivity contribution in [1.82, 2.24) is 8.87 Å². The molecule has 1 aromatic heterocycles. The highest BCUT2D eigenvalue weighted by Gasteiger charge is 2.33. The van der Waals surface area contributed by atoms with Gasteiger partial charge in [0.1, 0.15) is 0 Å². The van der Waals surface area contributed by atoms with Crippen LogP contribution in [-0.4, -0.2) is 60.9 Å². The van der Waals surface area contributed by atoms with Crippen LogP contribution >= 0.6 is 23.1 Å². The van der Waals surface area contributed by atoms with Crippen LogP contribution in [0.2, 0.25) is 0 Å². The summed E-state index contributed by atoms with van der Waals surface area (Å²) in [5, 5.41) is 0. The van der Waals surface area contributed by atoms with Gasteiger partial charge in [0.15, 0.2) is 4.80 Å². The molecular formula is C25H29N3O5S3. The number of amides is 1. The Labute approximate surface area is 219 Å². The molecule has 2 aromatic carbocycles. The average Bonchev–Trinajstić information content (AvgIpc) is 3.24. The predicted octanol–water partition coefficient (Wildman–Crippen LogP) is 3.77. The summed E-state index contributed by atoms with van der Waals surface area (Å²) in [4.78, 5) is 30.7. The summed E-state index contributed by atoms with van der Waals surface area (Å²) in [6.45, 7) is 3.21. The molecule has 1 aliphatic heterocycles. The highest BCUT2D eigenvalue weighted by Crippen LogP contribution is 2.25. The number of aromatic nitrogens is 1. The average molecular weight is 548 g/mol. The van der Waals surface area contributed by atoms with Gasteiger partial charge < -0.3 is 9.30 Å². The van der Waals surface area contributed by atoms with Crippen LogP contribution in [0, 0.1) is 5.92 Å². The zero-order chi connectivity index (χ0) is 25.7. The number of thioether (sulfide) groups is 1. The quantitative estimate of drug-likeness (QED) is 0.398. The van der Waals surface area contributed by atoms with Crippen LogP contribution in [0.1, 0.15) is 30.1 Å². The Morgan fingerprint density at radius 1 is 1.19 bits per heavy atom. The van der Waals surface area contributed by atoms with E-state index < -0.39 is 15.9 Å². The molecule has 0 aliphatic carbocycles. The van der Waals surface area contributed by atoms with Gasteiger partial charge in [-0.1, -0.05) is 29.5 Å². The number of carbonyl (C=O) groups excluding carboxylic acids is 2. The van der Waals surface area contributed by atoms with E-state index in [4.69, 9.17) is 4.74 Å². The molecule has 1 unspecified atom stereocenters. The van der Waals surface area contributed by atoms with Crippen LogP contribution in [0.3, 0.4) is 0 Å². The summed E-state index contributed by atoms with van der Waals surface area (Å²) in [6, 6.07) is 13.6. The lowest BCUT2D eigenvalue weighted by Gasteiger charge is -2.30. The van der Waals surface area contributed by atoms with E-state index in [1.165, 1.54) is 15.6 Å². The fourth-order valence-corrected chi connectivity index (χ4v) is 7.20. The largest absolute Gasteiger partial charge is 0.462 e. The molecule has 0 bridgehead atoms. The molecule has 8 nitrogen and oxygen atoms in total. The number of thiazole rings is 1. The molecule has 0 radical (unpaired) electrons. The van der Waals surface area contributed by atoms with E-state index in [0.717, 1.165) is 16.0 Å². The minimum atomic E-state index is -3.67.